The second-order valence-corrected chi connectivity index (χ2v) is 4.01. The zero-order valence-electron chi connectivity index (χ0n) is 11.2. The van der Waals surface area contributed by atoms with Gasteiger partial charge in [-0.15, -0.1) is 0 Å². The number of carbonyl (C=O) groups is 1. The molecule has 0 spiro atoms. The van der Waals surface area contributed by atoms with Gasteiger partial charge < -0.3 is 15.5 Å². The van der Waals surface area contributed by atoms with E-state index in [2.05, 4.69) is 33.0 Å². The fourth-order valence-corrected chi connectivity index (χ4v) is 1.36. The van der Waals surface area contributed by atoms with Crippen molar-refractivity contribution in [3.8, 4) is 5.75 Å². The number of rotatable bonds is 4. The highest BCUT2D eigenvalue weighted by Crippen LogP contribution is 2.02. The summed E-state index contributed by atoms with van der Waals surface area (Å²) >= 11 is 0. The first-order valence-corrected chi connectivity index (χ1v) is 5.93. The quantitative estimate of drug-likeness (QED) is 0.489. The molecule has 0 radical (unpaired) electrons. The van der Waals surface area contributed by atoms with Crippen LogP contribution in [0.5, 0.6) is 5.75 Å². The van der Waals surface area contributed by atoms with Gasteiger partial charge in [-0.3, -0.25) is 0 Å². The van der Waals surface area contributed by atoms with Crippen molar-refractivity contribution in [1.82, 2.24) is 9.97 Å². The molecule has 122 valence electrons. The maximum absolute atomic E-state index is 11.8. The molecule has 0 bridgehead atoms. The molecule has 2 heterocycles. The van der Waals surface area contributed by atoms with E-state index in [1.54, 1.807) is 0 Å². The number of hydrogen-bond acceptors (Lipinski definition) is 11. The van der Waals surface area contributed by atoms with Crippen LogP contribution in [-0.2, 0) is 11.2 Å². The predicted octanol–water partition coefficient (Wildman–Crippen LogP) is -1.54. The Morgan fingerprint density at radius 3 is 2.70 bits per heavy atom. The minimum Gasteiger partial charge on any atom is -0.417 e. The van der Waals surface area contributed by atoms with Crippen molar-refractivity contribution in [2.24, 2.45) is 5.73 Å². The zero-order valence-corrected chi connectivity index (χ0v) is 11.2. The van der Waals surface area contributed by atoms with E-state index in [1.165, 1.54) is 12.5 Å². The zero-order chi connectivity index (χ0) is 16.8. The summed E-state index contributed by atoms with van der Waals surface area (Å²) in [5.41, 5.74) is 3.39. The van der Waals surface area contributed by atoms with Crippen molar-refractivity contribution < 1.29 is 27.8 Å². The van der Waals surface area contributed by atoms with E-state index in [0.29, 0.717) is 11.8 Å². The lowest BCUT2D eigenvalue weighted by atomic mass is 10.2. The number of H-pyrrole nitrogens is 1. The second-order valence-electron chi connectivity index (χ2n) is 4.01. The Kier molecular flexibility index (Phi) is 4.89. The first-order chi connectivity index (χ1) is 11.0. The molecule has 3 N–H and O–H groups in total. The van der Waals surface area contributed by atoms with E-state index < -0.39 is 34.8 Å². The number of nitrogens with zero attached hydrogens (tertiary/aromatic N) is 1. The number of hydrogen-bond donors (Lipinski definition) is 2. The summed E-state index contributed by atoms with van der Waals surface area (Å²) in [5.74, 6) is -3.57. The lowest BCUT2D eigenvalue weighted by Crippen LogP contribution is -2.37. The van der Waals surface area contributed by atoms with Crippen molar-refractivity contribution in [2.45, 2.75) is 12.5 Å². The maximum atomic E-state index is 11.8. The summed E-state index contributed by atoms with van der Waals surface area (Å²) in [7, 11) is 0. The molecular weight excluding hydrogens is 318 g/mol. The molecule has 2 aromatic heterocycles. The Morgan fingerprint density at radius 2 is 2.00 bits per heavy atom. The number of carbonyl (C=O) groups excluding carboxylic acids is 1. The van der Waals surface area contributed by atoms with E-state index in [4.69, 9.17) is 5.73 Å². The first-order valence-electron chi connectivity index (χ1n) is 5.93. The molecule has 2 rings (SSSR count). The van der Waals surface area contributed by atoms with Gasteiger partial charge in [-0.05, 0) is 0 Å². The fourth-order valence-electron chi connectivity index (χ4n) is 1.36. The predicted molar refractivity (Wildman–Crippen MR) is 67.8 cm³/mol. The number of esters is 1. The lowest BCUT2D eigenvalue weighted by molar-refractivity contribution is -0.136. The Labute approximate surface area is 124 Å². The number of nitrogens with one attached hydrogen (secondary N) is 1. The second kappa shape index (κ2) is 7.04. The van der Waals surface area contributed by atoms with Crippen molar-refractivity contribution in [1.29, 1.82) is 0 Å². The van der Waals surface area contributed by atoms with Crippen LogP contribution in [-0.4, -0.2) is 22.0 Å². The summed E-state index contributed by atoms with van der Waals surface area (Å²) in [6.45, 7) is 0. The molecule has 0 saturated heterocycles. The third kappa shape index (κ3) is 4.53. The van der Waals surface area contributed by atoms with Crippen molar-refractivity contribution in [3.63, 3.8) is 0 Å². The van der Waals surface area contributed by atoms with Gasteiger partial charge in [0.2, 0.25) is 5.75 Å². The molecular formula is C11H9N3O9. The molecule has 0 amide bonds. The van der Waals surface area contributed by atoms with Gasteiger partial charge >= 0.3 is 23.0 Å². The fraction of sp³-hybridized carbons (Fsp3) is 0.182. The molecule has 2 aromatic rings. The topological polar surface area (TPSA) is 185 Å². The third-order valence-electron chi connectivity index (χ3n) is 2.34. The Balaban J connectivity index is 2.27. The maximum Gasteiger partial charge on any atom is 0.592 e. The Bertz CT molecular complexity index is 884. The van der Waals surface area contributed by atoms with Crippen molar-refractivity contribution >= 4 is 5.97 Å². The van der Waals surface area contributed by atoms with Gasteiger partial charge in [0.15, 0.2) is 0 Å². The summed E-state index contributed by atoms with van der Waals surface area (Å²) < 4.78 is 20.2. The molecule has 0 fully saturated rings. The van der Waals surface area contributed by atoms with Crippen LogP contribution in [0, 0.1) is 0 Å². The van der Waals surface area contributed by atoms with E-state index in [9.17, 15) is 19.2 Å². The highest BCUT2D eigenvalue weighted by molar-refractivity contribution is 5.78. The Hall–Kier alpha value is -3.41. The van der Waals surface area contributed by atoms with E-state index in [1.807, 2.05) is 0 Å². The van der Waals surface area contributed by atoms with Crippen LogP contribution in [0.4, 0.5) is 0 Å². The molecule has 12 nitrogen and oxygen atoms in total. The van der Waals surface area contributed by atoms with Crippen LogP contribution in [0.1, 0.15) is 5.69 Å². The number of aromatic amines is 1. The van der Waals surface area contributed by atoms with Crippen molar-refractivity contribution in [2.75, 3.05) is 0 Å². The SMILES string of the molecule is NC(Cc1cnc[nH]1)C(=O)Oc1cc(=O)ooc(=O)ooc1=O. The molecule has 0 aliphatic heterocycles. The number of aromatic nitrogens is 2. The third-order valence-corrected chi connectivity index (χ3v) is 2.34. The van der Waals surface area contributed by atoms with Gasteiger partial charge in [0, 0.05) is 18.3 Å². The average Bonchev–Trinajstić information content (AvgIpc) is 3.02. The van der Waals surface area contributed by atoms with Crippen LogP contribution in [0.15, 0.2) is 51.3 Å². The summed E-state index contributed by atoms with van der Waals surface area (Å²) in [4.78, 5) is 51.8. The largest absolute Gasteiger partial charge is 0.592 e. The monoisotopic (exact) mass is 327 g/mol. The van der Waals surface area contributed by atoms with E-state index >= 15 is 0 Å². The van der Waals surface area contributed by atoms with Crippen LogP contribution >= 0.6 is 0 Å². The van der Waals surface area contributed by atoms with Gasteiger partial charge in [-0.1, -0.05) is 0 Å². The van der Waals surface area contributed by atoms with Gasteiger partial charge in [0.1, 0.15) is 6.04 Å². The molecule has 1 unspecified atom stereocenters. The van der Waals surface area contributed by atoms with Crippen LogP contribution in [0.25, 0.3) is 0 Å². The molecule has 0 saturated carbocycles. The van der Waals surface area contributed by atoms with Gasteiger partial charge in [0.05, 0.1) is 12.4 Å². The average molecular weight is 327 g/mol. The van der Waals surface area contributed by atoms with Crippen LogP contribution in [0.3, 0.4) is 0 Å². The normalized spacial score (nSPS) is 11.5. The Morgan fingerprint density at radius 1 is 1.26 bits per heavy atom. The standard InChI is InChI=1S/C11H9N3O9/c12-6(1-5-3-13-4-14-5)9(16)19-7-2-8(15)20-22-11(18)23-21-10(7)17/h2-4,6H,1,12H2,(H,13,14). The number of nitrogens with two attached hydrogens (primary N) is 1. The molecule has 1 atom stereocenters. The van der Waals surface area contributed by atoms with Gasteiger partial charge in [-0.25, -0.2) is 37.7 Å². The summed E-state index contributed by atoms with van der Waals surface area (Å²) in [6.07, 6.45) is 2.86. The first kappa shape index (κ1) is 16.0. The van der Waals surface area contributed by atoms with Gasteiger partial charge in [0.25, 0.3) is 0 Å². The van der Waals surface area contributed by atoms with E-state index in [-0.39, 0.29) is 6.42 Å². The highest BCUT2D eigenvalue weighted by Gasteiger charge is 2.19. The smallest absolute Gasteiger partial charge is 0.417 e. The molecule has 23 heavy (non-hydrogen) atoms. The van der Waals surface area contributed by atoms with Crippen molar-refractivity contribution in [3.05, 3.63) is 55.7 Å². The number of imidazole rings is 1. The molecule has 0 aliphatic rings. The summed E-state index contributed by atoms with van der Waals surface area (Å²) in [6, 6.07) is -0.753. The lowest BCUT2D eigenvalue weighted by Gasteiger charge is -2.08. The van der Waals surface area contributed by atoms with E-state index in [0.717, 1.165) is 0 Å². The molecule has 12 heteroatoms. The number of ether oxygens (including phenoxy) is 1. The van der Waals surface area contributed by atoms with Gasteiger partial charge in [-0.2, -0.15) is 4.79 Å². The van der Waals surface area contributed by atoms with Crippen LogP contribution in [0.2, 0.25) is 0 Å². The van der Waals surface area contributed by atoms with Crippen LogP contribution < -0.4 is 27.5 Å². The highest BCUT2D eigenvalue weighted by atomic mass is 17.0. The minimum absolute atomic E-state index is 0.0315. The molecule has 0 aromatic carbocycles. The minimum atomic E-state index is -1.61. The summed E-state index contributed by atoms with van der Waals surface area (Å²) in [5, 5.41) is 0. The molecule has 0 aliphatic carbocycles.